The van der Waals surface area contributed by atoms with Gasteiger partial charge in [-0.1, -0.05) is 200 Å². The number of halogens is 12. The zero-order chi connectivity index (χ0) is 51.6. The van der Waals surface area contributed by atoms with Gasteiger partial charge >= 0.3 is 41.2 Å². The number of benzene rings is 4. The summed E-state index contributed by atoms with van der Waals surface area (Å²) in [6, 6.07) is 45.1. The van der Waals surface area contributed by atoms with Crippen molar-refractivity contribution in [2.75, 3.05) is 0 Å². The minimum absolute atomic E-state index is 0. The Labute approximate surface area is 426 Å². The molecule has 0 aromatic heterocycles. The summed E-state index contributed by atoms with van der Waals surface area (Å²) in [6.45, 7) is 14.6. The second kappa shape index (κ2) is 33.8. The van der Waals surface area contributed by atoms with Crippen LogP contribution in [0.25, 0.3) is 0 Å². The van der Waals surface area contributed by atoms with Gasteiger partial charge in [0.05, 0.1) is 0 Å². The van der Waals surface area contributed by atoms with Crippen molar-refractivity contribution in [1.82, 2.24) is 0 Å². The number of hydrogen-bond acceptors (Lipinski definition) is 0. The van der Waals surface area contributed by atoms with Crippen LogP contribution in [0, 0.1) is 35.5 Å². The maximum Gasteiger partial charge on any atom is 3.00 e. The van der Waals surface area contributed by atoms with Crippen molar-refractivity contribution in [2.24, 2.45) is 35.5 Å². The molecule has 6 unspecified atom stereocenters. The van der Waals surface area contributed by atoms with Gasteiger partial charge in [-0.3, -0.25) is 0 Å². The van der Waals surface area contributed by atoms with Gasteiger partial charge in [0.25, 0.3) is 0 Å². The van der Waals surface area contributed by atoms with Crippen LogP contribution in [0.2, 0.25) is 0 Å². The molecule has 2 fully saturated rings. The molecule has 4 aromatic rings. The largest absolute Gasteiger partial charge is 3.00 e. The first-order valence-corrected chi connectivity index (χ1v) is 26.9. The molecular formula is C52H70B3F12P2Rh. The van der Waals surface area contributed by atoms with Crippen molar-refractivity contribution in [3.8, 4) is 0 Å². The van der Waals surface area contributed by atoms with E-state index in [0.29, 0.717) is 0 Å². The fourth-order valence-electron chi connectivity index (χ4n) is 9.17. The Morgan fingerprint density at radius 3 is 0.757 bits per heavy atom. The summed E-state index contributed by atoms with van der Waals surface area (Å²) in [7, 11) is -18.5. The molecule has 3 aliphatic rings. The first-order valence-electron chi connectivity index (χ1n) is 24.0. The van der Waals surface area contributed by atoms with Gasteiger partial charge in [-0.15, -0.1) is 0 Å². The van der Waals surface area contributed by atoms with E-state index in [1.165, 1.54) is 64.2 Å². The Bertz CT molecular complexity index is 1710. The van der Waals surface area contributed by atoms with Gasteiger partial charge < -0.3 is 51.8 Å². The smallest absolute Gasteiger partial charge is 0.418 e. The van der Waals surface area contributed by atoms with Gasteiger partial charge in [-0.2, -0.15) is 0 Å². The van der Waals surface area contributed by atoms with E-state index in [0.717, 1.165) is 46.8 Å². The van der Waals surface area contributed by atoms with Crippen molar-refractivity contribution < 1.29 is 71.3 Å². The summed E-state index contributed by atoms with van der Waals surface area (Å²) < 4.78 is 117. The summed E-state index contributed by atoms with van der Waals surface area (Å²) in [5.41, 5.74) is 1.64. The molecule has 3 aliphatic carbocycles. The van der Waals surface area contributed by atoms with Gasteiger partial charge in [0.2, 0.25) is 0 Å². The first-order chi connectivity index (χ1) is 32.3. The average Bonchev–Trinajstić information content (AvgIpc) is 3.24. The van der Waals surface area contributed by atoms with Crippen LogP contribution in [0.5, 0.6) is 0 Å². The maximum absolute atomic E-state index is 9.75. The fourth-order valence-corrected chi connectivity index (χ4v) is 16.2. The van der Waals surface area contributed by atoms with Crippen LogP contribution in [-0.4, -0.2) is 33.1 Å². The molecular weight excluding hydrogens is 1050 g/mol. The molecule has 0 saturated heterocycles. The van der Waals surface area contributed by atoms with Gasteiger partial charge in [0, 0.05) is 0 Å². The number of hydrogen-bond donors (Lipinski definition) is 0. The fraction of sp³-hybridized carbons (Fsp3) is 0.462. The van der Waals surface area contributed by atoms with Gasteiger partial charge in [-0.05, 0) is 135 Å². The molecule has 6 atom stereocenters. The van der Waals surface area contributed by atoms with Crippen molar-refractivity contribution in [3.63, 3.8) is 0 Å². The molecule has 18 heteroatoms. The van der Waals surface area contributed by atoms with Crippen LogP contribution in [-0.2, 0) is 19.5 Å². The zero-order valence-corrected chi connectivity index (χ0v) is 44.5. The standard InChI is InChI=1S/2C22H29P.C8H12.3BF4.Rh/c2*1-17(2)21-15-14-18(3)16-22(21)23(19-10-6-4-7-11-19)20-12-8-5-9-13-20;1-2-4-6-8-7-5-3-1;3*2-1(3,4)5;/h2*4-13,17-18,21-22H,14-16H2,1-3H3;1-2,7-8H,3-6H2;;;;/q;;;3*-1;+3/b;;2-1-,8-7-;;;;. The Kier molecular flexibility index (Phi) is 31.5. The van der Waals surface area contributed by atoms with Crippen LogP contribution in [0.1, 0.15) is 106 Å². The second-order valence-corrected chi connectivity index (χ2v) is 23.3. The molecule has 390 valence electrons. The Morgan fingerprint density at radius 1 is 0.371 bits per heavy atom. The van der Waals surface area contributed by atoms with E-state index < -0.39 is 21.8 Å². The third kappa shape index (κ3) is 29.6. The van der Waals surface area contributed by atoms with Crippen molar-refractivity contribution >= 4 is 58.8 Å². The SMILES string of the molecule is C1=C\CC/C=C\CC/1.CC1CCC(C(C)C)C(P(c2ccccc2)c2ccccc2)C1.CC1CCC(C(C)C)C(P(c2ccccc2)c2ccccc2)C1.F[B-](F)(F)F.F[B-](F)(F)F.F[B-](F)(F)F.[Rh+3]. The van der Waals surface area contributed by atoms with Crippen LogP contribution in [0.15, 0.2) is 146 Å². The molecule has 0 N–H and O–H groups in total. The van der Waals surface area contributed by atoms with Gasteiger partial charge in [0.15, 0.2) is 0 Å². The molecule has 0 spiro atoms. The third-order valence-electron chi connectivity index (χ3n) is 12.1. The normalized spacial score (nSPS) is 22.2. The van der Waals surface area contributed by atoms with Gasteiger partial charge in [0.1, 0.15) is 0 Å². The molecule has 2 saturated carbocycles. The minimum Gasteiger partial charge on any atom is -0.418 e. The predicted molar refractivity (Wildman–Crippen MR) is 276 cm³/mol. The quantitative estimate of drug-likeness (QED) is 0.0714. The maximum atomic E-state index is 9.75. The number of rotatable bonds is 8. The molecule has 7 rings (SSSR count). The molecule has 0 bridgehead atoms. The van der Waals surface area contributed by atoms with E-state index in [1.807, 2.05) is 0 Å². The first kappa shape index (κ1) is 65.2. The van der Waals surface area contributed by atoms with Crippen LogP contribution >= 0.6 is 15.8 Å². The summed E-state index contributed by atoms with van der Waals surface area (Å²) in [6.07, 6.45) is 22.4. The summed E-state index contributed by atoms with van der Waals surface area (Å²) in [5.74, 6) is 5.02. The van der Waals surface area contributed by atoms with Crippen LogP contribution in [0.4, 0.5) is 51.8 Å². The molecule has 0 heterocycles. The van der Waals surface area contributed by atoms with E-state index in [2.05, 4.69) is 187 Å². The van der Waals surface area contributed by atoms with E-state index >= 15 is 0 Å². The van der Waals surface area contributed by atoms with Gasteiger partial charge in [-0.25, -0.2) is 0 Å². The molecule has 0 amide bonds. The van der Waals surface area contributed by atoms with Crippen molar-refractivity contribution in [2.45, 2.75) is 117 Å². The Hall–Kier alpha value is -2.80. The van der Waals surface area contributed by atoms with E-state index in [-0.39, 0.29) is 35.3 Å². The second-order valence-electron chi connectivity index (χ2n) is 18.5. The number of allylic oxidation sites excluding steroid dienone is 4. The summed E-state index contributed by atoms with van der Waals surface area (Å²) >= 11 is 0. The van der Waals surface area contributed by atoms with Crippen molar-refractivity contribution in [3.05, 3.63) is 146 Å². The average molecular weight is 1120 g/mol. The van der Waals surface area contributed by atoms with Crippen LogP contribution < -0.4 is 21.2 Å². The third-order valence-corrected chi connectivity index (χ3v) is 18.0. The molecule has 0 nitrogen and oxygen atoms in total. The Morgan fingerprint density at radius 2 is 0.571 bits per heavy atom. The molecule has 4 aromatic carbocycles. The van der Waals surface area contributed by atoms with Crippen molar-refractivity contribution in [1.29, 1.82) is 0 Å². The van der Waals surface area contributed by atoms with E-state index in [1.54, 1.807) is 21.2 Å². The van der Waals surface area contributed by atoms with Crippen LogP contribution in [0.3, 0.4) is 0 Å². The van der Waals surface area contributed by atoms with E-state index in [9.17, 15) is 51.8 Å². The minimum atomic E-state index is -6.00. The topological polar surface area (TPSA) is 0 Å². The van der Waals surface area contributed by atoms with E-state index in [4.69, 9.17) is 0 Å². The molecule has 0 radical (unpaired) electrons. The predicted octanol–water partition coefficient (Wildman–Crippen LogP) is 17.7. The monoisotopic (exact) mass is 1120 g/mol. The molecule has 70 heavy (non-hydrogen) atoms. The summed E-state index contributed by atoms with van der Waals surface area (Å²) in [4.78, 5) is 0. The summed E-state index contributed by atoms with van der Waals surface area (Å²) in [5, 5.41) is 6.22. The Balaban J connectivity index is 0.000000482. The zero-order valence-electron chi connectivity index (χ0n) is 41.0. The molecule has 0 aliphatic heterocycles.